The van der Waals surface area contributed by atoms with Crippen molar-refractivity contribution in [2.45, 2.75) is 61.3 Å². The average molecular weight is 529 g/mol. The summed E-state index contributed by atoms with van der Waals surface area (Å²) >= 11 is 0. The van der Waals surface area contributed by atoms with Gasteiger partial charge in [0.25, 0.3) is 0 Å². The van der Waals surface area contributed by atoms with E-state index in [1.807, 2.05) is 0 Å². The number of hydrogen-bond acceptors (Lipinski definition) is 2. The number of nitrogens with zero attached hydrogens (tertiary/aromatic N) is 1. The average Bonchev–Trinajstić information content (AvgIpc) is 3.25. The molecule has 4 aromatic carbocycles. The minimum atomic E-state index is 0.107. The number of fused-ring (bicyclic) bond motifs is 7. The second-order valence-corrected chi connectivity index (χ2v) is 14.1. The van der Waals surface area contributed by atoms with Crippen LogP contribution in [0.25, 0.3) is 54.7 Å². The summed E-state index contributed by atoms with van der Waals surface area (Å²) < 4.78 is 16.0. The third kappa shape index (κ3) is 3.74. The van der Waals surface area contributed by atoms with Crippen LogP contribution in [0.1, 0.15) is 58.2 Å². The van der Waals surface area contributed by atoms with E-state index >= 15 is 0 Å². The van der Waals surface area contributed by atoms with Crippen molar-refractivity contribution in [3.05, 3.63) is 77.5 Å². The van der Waals surface area contributed by atoms with Gasteiger partial charge in [-0.05, 0) is 52.5 Å². The van der Waals surface area contributed by atoms with E-state index in [0.717, 1.165) is 40.9 Å². The Labute approximate surface area is 236 Å². The molecular weight excluding hydrogens is 490 g/mol. The van der Waals surface area contributed by atoms with E-state index in [0.29, 0.717) is 0 Å². The van der Waals surface area contributed by atoms with Crippen molar-refractivity contribution in [1.29, 1.82) is 0 Å². The standard InChI is InChI=1S/C37H38NO2/c1-21-23-13-9-10-14-24(23)27(20-37(5,6)7)35-30(21)33-32-25(16-17-38(33)8)31-26-15-11-12-22(19-36(2,3)4)34(26)39-28(31)18-29(32)40-35/h9-18H,19-20H2,1-8H3/q+1. The van der Waals surface area contributed by atoms with E-state index in [9.17, 15) is 0 Å². The molecule has 0 spiro atoms. The molecule has 0 fully saturated rings. The first-order valence-electron chi connectivity index (χ1n) is 14.4. The van der Waals surface area contributed by atoms with E-state index in [4.69, 9.17) is 9.15 Å². The second-order valence-electron chi connectivity index (χ2n) is 14.1. The number of furan rings is 1. The third-order valence-corrected chi connectivity index (χ3v) is 8.33. The van der Waals surface area contributed by atoms with E-state index in [1.54, 1.807) is 0 Å². The third-order valence-electron chi connectivity index (χ3n) is 8.33. The lowest BCUT2D eigenvalue weighted by Crippen LogP contribution is -2.32. The quantitative estimate of drug-likeness (QED) is 0.209. The number of aryl methyl sites for hydroxylation is 2. The highest BCUT2D eigenvalue weighted by atomic mass is 16.5. The molecule has 0 aliphatic carbocycles. The van der Waals surface area contributed by atoms with Crippen LogP contribution < -0.4 is 9.30 Å². The Morgan fingerprint density at radius 2 is 1.45 bits per heavy atom. The summed E-state index contributed by atoms with van der Waals surface area (Å²) in [5.74, 6) is 1.87. The Balaban J connectivity index is 1.61. The molecule has 0 atom stereocenters. The van der Waals surface area contributed by atoms with Gasteiger partial charge in [-0.25, -0.2) is 4.57 Å². The van der Waals surface area contributed by atoms with Crippen molar-refractivity contribution in [2.75, 3.05) is 0 Å². The Bertz CT molecular complexity index is 2010. The summed E-state index contributed by atoms with van der Waals surface area (Å²) in [6.45, 7) is 16.0. The van der Waals surface area contributed by atoms with Gasteiger partial charge in [0.1, 0.15) is 29.7 Å². The summed E-state index contributed by atoms with van der Waals surface area (Å²) in [5, 5.41) is 7.27. The molecule has 40 heavy (non-hydrogen) atoms. The first-order chi connectivity index (χ1) is 18.9. The summed E-state index contributed by atoms with van der Waals surface area (Å²) in [6.07, 6.45) is 4.08. The highest BCUT2D eigenvalue weighted by Gasteiger charge is 2.35. The van der Waals surface area contributed by atoms with E-state index in [1.165, 1.54) is 54.9 Å². The SMILES string of the molecule is Cc1c2c(c(CC(C)(C)C)c3ccccc13)Oc1cc3oc4c(CC(C)(C)C)cccc4c3c3cc[n+](C)c-2c13. The molecule has 0 saturated carbocycles. The topological polar surface area (TPSA) is 26.2 Å². The van der Waals surface area contributed by atoms with Gasteiger partial charge in [0.05, 0.1) is 10.9 Å². The van der Waals surface area contributed by atoms with Gasteiger partial charge >= 0.3 is 0 Å². The highest BCUT2D eigenvalue weighted by Crippen LogP contribution is 2.53. The molecule has 7 rings (SSSR count). The summed E-state index contributed by atoms with van der Waals surface area (Å²) in [5.41, 5.74) is 8.38. The van der Waals surface area contributed by atoms with E-state index in [-0.39, 0.29) is 10.8 Å². The van der Waals surface area contributed by atoms with Gasteiger partial charge in [-0.2, -0.15) is 0 Å². The van der Waals surface area contributed by atoms with Gasteiger partial charge in [-0.1, -0.05) is 84.0 Å². The largest absolute Gasteiger partial charge is 0.456 e. The molecule has 3 heterocycles. The number of hydrogen-bond donors (Lipinski definition) is 0. The normalized spacial score (nSPS) is 13.4. The molecule has 1 aliphatic heterocycles. The van der Waals surface area contributed by atoms with Crippen molar-refractivity contribution in [2.24, 2.45) is 17.9 Å². The number of aromatic nitrogens is 1. The lowest BCUT2D eigenvalue weighted by atomic mass is 9.81. The molecule has 1 aliphatic rings. The summed E-state index contributed by atoms with van der Waals surface area (Å²) in [4.78, 5) is 0. The van der Waals surface area contributed by atoms with Crippen LogP contribution in [0, 0.1) is 17.8 Å². The molecule has 2 aromatic heterocycles. The number of pyridine rings is 1. The summed E-state index contributed by atoms with van der Waals surface area (Å²) in [7, 11) is 2.16. The Morgan fingerprint density at radius 3 is 2.17 bits per heavy atom. The number of rotatable bonds is 2. The van der Waals surface area contributed by atoms with Gasteiger partial charge in [-0.15, -0.1) is 0 Å². The van der Waals surface area contributed by atoms with Crippen LogP contribution in [0.2, 0.25) is 0 Å². The first kappa shape index (κ1) is 25.1. The minimum Gasteiger partial charge on any atom is -0.456 e. The maximum Gasteiger partial charge on any atom is 0.228 e. The van der Waals surface area contributed by atoms with E-state index in [2.05, 4.69) is 121 Å². The molecule has 3 heteroatoms. The molecule has 6 aromatic rings. The Morgan fingerprint density at radius 1 is 0.750 bits per heavy atom. The van der Waals surface area contributed by atoms with Crippen LogP contribution >= 0.6 is 0 Å². The highest BCUT2D eigenvalue weighted by molar-refractivity contribution is 6.23. The predicted molar refractivity (Wildman–Crippen MR) is 166 cm³/mol. The zero-order valence-corrected chi connectivity index (χ0v) is 25.0. The van der Waals surface area contributed by atoms with Crippen molar-refractivity contribution in [3.63, 3.8) is 0 Å². The number of benzene rings is 4. The molecular formula is C37H38NO2+. The van der Waals surface area contributed by atoms with Gasteiger partial charge in [0.2, 0.25) is 5.69 Å². The van der Waals surface area contributed by atoms with E-state index < -0.39 is 0 Å². The van der Waals surface area contributed by atoms with Crippen LogP contribution in [0.5, 0.6) is 11.5 Å². The maximum atomic E-state index is 7.01. The van der Waals surface area contributed by atoms with Gasteiger partial charge in [0.15, 0.2) is 6.20 Å². The lowest BCUT2D eigenvalue weighted by molar-refractivity contribution is -0.659. The predicted octanol–water partition coefficient (Wildman–Crippen LogP) is 9.98. The fourth-order valence-corrected chi connectivity index (χ4v) is 6.83. The monoisotopic (exact) mass is 528 g/mol. The van der Waals surface area contributed by atoms with Gasteiger partial charge < -0.3 is 9.15 Å². The van der Waals surface area contributed by atoms with Crippen LogP contribution in [0.3, 0.4) is 0 Å². The van der Waals surface area contributed by atoms with Crippen LogP contribution in [0.4, 0.5) is 0 Å². The smallest absolute Gasteiger partial charge is 0.228 e. The van der Waals surface area contributed by atoms with Crippen LogP contribution in [-0.4, -0.2) is 0 Å². The van der Waals surface area contributed by atoms with Crippen molar-refractivity contribution >= 4 is 43.5 Å². The van der Waals surface area contributed by atoms with Crippen LogP contribution in [-0.2, 0) is 19.9 Å². The number of para-hydroxylation sites is 1. The molecule has 0 radical (unpaired) electrons. The molecule has 3 nitrogen and oxygen atoms in total. The fraction of sp³-hybridized carbons (Fsp3) is 0.324. The Hall–Kier alpha value is -3.85. The molecule has 0 amide bonds. The van der Waals surface area contributed by atoms with Gasteiger partial charge in [0, 0.05) is 33.9 Å². The Kier molecular flexibility index (Phi) is 5.24. The van der Waals surface area contributed by atoms with Gasteiger partial charge in [-0.3, -0.25) is 0 Å². The zero-order chi connectivity index (χ0) is 28.1. The maximum absolute atomic E-state index is 7.01. The molecule has 0 bridgehead atoms. The van der Waals surface area contributed by atoms with Crippen molar-refractivity contribution < 1.29 is 13.7 Å². The van der Waals surface area contributed by atoms with Crippen molar-refractivity contribution in [1.82, 2.24) is 0 Å². The molecule has 0 N–H and O–H groups in total. The minimum absolute atomic E-state index is 0.107. The molecule has 202 valence electrons. The number of ether oxygens (including phenoxy) is 1. The summed E-state index contributed by atoms with van der Waals surface area (Å²) in [6, 6.07) is 19.8. The zero-order valence-electron chi connectivity index (χ0n) is 25.0. The lowest BCUT2D eigenvalue weighted by Gasteiger charge is -2.28. The second kappa shape index (κ2) is 8.33. The van der Waals surface area contributed by atoms with Crippen molar-refractivity contribution in [3.8, 4) is 22.8 Å². The van der Waals surface area contributed by atoms with Crippen LogP contribution in [0.15, 0.2) is 65.2 Å². The first-order valence-corrected chi connectivity index (χ1v) is 14.4. The molecule has 0 saturated heterocycles. The fourth-order valence-electron chi connectivity index (χ4n) is 6.83. The molecule has 0 unspecified atom stereocenters.